The summed E-state index contributed by atoms with van der Waals surface area (Å²) >= 11 is 0. The number of aromatic nitrogens is 2. The molecular formula is C17H21N3. The molecule has 1 aromatic carbocycles. The maximum absolute atomic E-state index is 9.47. The smallest absolute Gasteiger partial charge is 0.109 e. The van der Waals surface area contributed by atoms with E-state index >= 15 is 0 Å². The normalized spacial score (nSPS) is 17.1. The Bertz CT molecular complexity index is 684. The summed E-state index contributed by atoms with van der Waals surface area (Å²) in [4.78, 5) is 4.77. The van der Waals surface area contributed by atoms with Gasteiger partial charge in [-0.1, -0.05) is 19.9 Å². The number of benzene rings is 1. The topological polar surface area (TPSA) is 41.6 Å². The van der Waals surface area contributed by atoms with E-state index in [-0.39, 0.29) is 5.41 Å². The van der Waals surface area contributed by atoms with Crippen molar-refractivity contribution in [1.82, 2.24) is 9.55 Å². The second-order valence-electron chi connectivity index (χ2n) is 6.44. The largest absolute Gasteiger partial charge is 0.331 e. The first-order valence-corrected chi connectivity index (χ1v) is 7.43. The van der Waals surface area contributed by atoms with E-state index in [0.29, 0.717) is 5.92 Å². The van der Waals surface area contributed by atoms with Crippen LogP contribution in [0, 0.1) is 17.2 Å². The summed E-state index contributed by atoms with van der Waals surface area (Å²) < 4.78 is 2.18. The minimum Gasteiger partial charge on any atom is -0.331 e. The number of hydrogen-bond acceptors (Lipinski definition) is 2. The Hall–Kier alpha value is -1.82. The van der Waals surface area contributed by atoms with Gasteiger partial charge in [-0.3, -0.25) is 0 Å². The Balaban J connectivity index is 2.06. The van der Waals surface area contributed by atoms with Gasteiger partial charge >= 0.3 is 0 Å². The van der Waals surface area contributed by atoms with Crippen LogP contribution in [0.2, 0.25) is 0 Å². The molecule has 0 radical (unpaired) electrons. The predicted molar refractivity (Wildman–Crippen MR) is 80.4 cm³/mol. The van der Waals surface area contributed by atoms with Gasteiger partial charge in [0.25, 0.3) is 0 Å². The molecule has 1 saturated carbocycles. The zero-order chi connectivity index (χ0) is 14.3. The summed E-state index contributed by atoms with van der Waals surface area (Å²) in [6, 6.07) is 8.88. The van der Waals surface area contributed by atoms with Gasteiger partial charge in [-0.15, -0.1) is 0 Å². The van der Waals surface area contributed by atoms with Crippen molar-refractivity contribution in [3.8, 4) is 6.07 Å². The quantitative estimate of drug-likeness (QED) is 0.850. The molecule has 0 aliphatic heterocycles. The summed E-state index contributed by atoms with van der Waals surface area (Å²) in [6.07, 6.45) is 4.12. The van der Waals surface area contributed by atoms with Crippen molar-refractivity contribution >= 4 is 11.0 Å². The third-order valence-corrected chi connectivity index (χ3v) is 4.54. The van der Waals surface area contributed by atoms with Crippen LogP contribution in [0.15, 0.2) is 18.2 Å². The second kappa shape index (κ2) is 4.63. The van der Waals surface area contributed by atoms with Gasteiger partial charge in [-0.05, 0) is 42.9 Å². The number of nitrogens with zero attached hydrogens (tertiary/aromatic N) is 3. The molecule has 1 heterocycles. The van der Waals surface area contributed by atoms with Crippen LogP contribution in [0.5, 0.6) is 0 Å². The third-order valence-electron chi connectivity index (χ3n) is 4.54. The number of nitriles is 1. The molecule has 3 heteroatoms. The molecule has 3 rings (SSSR count). The SMILES string of the molecule is CC(C)Cc1nc2cc(C3(C#N)CCC3)ccc2n1C. The lowest BCUT2D eigenvalue weighted by molar-refractivity contribution is 0.324. The minimum atomic E-state index is -0.246. The van der Waals surface area contributed by atoms with E-state index in [1.54, 1.807) is 0 Å². The van der Waals surface area contributed by atoms with Gasteiger partial charge in [0.2, 0.25) is 0 Å². The molecule has 0 N–H and O–H groups in total. The highest BCUT2D eigenvalue weighted by atomic mass is 15.1. The van der Waals surface area contributed by atoms with Crippen LogP contribution >= 0.6 is 0 Å². The van der Waals surface area contributed by atoms with Crippen LogP contribution in [0.1, 0.15) is 44.5 Å². The molecule has 1 aromatic heterocycles. The zero-order valence-corrected chi connectivity index (χ0v) is 12.5. The summed E-state index contributed by atoms with van der Waals surface area (Å²) in [6.45, 7) is 4.42. The van der Waals surface area contributed by atoms with Crippen LogP contribution < -0.4 is 0 Å². The zero-order valence-electron chi connectivity index (χ0n) is 12.5. The van der Waals surface area contributed by atoms with E-state index in [4.69, 9.17) is 4.98 Å². The van der Waals surface area contributed by atoms with E-state index in [1.165, 1.54) is 0 Å². The third kappa shape index (κ3) is 1.91. The van der Waals surface area contributed by atoms with Crippen molar-refractivity contribution in [2.75, 3.05) is 0 Å². The fourth-order valence-corrected chi connectivity index (χ4v) is 3.09. The lowest BCUT2D eigenvalue weighted by atomic mass is 9.65. The number of imidazole rings is 1. The van der Waals surface area contributed by atoms with Crippen molar-refractivity contribution in [1.29, 1.82) is 5.26 Å². The lowest BCUT2D eigenvalue weighted by Crippen LogP contribution is -2.32. The van der Waals surface area contributed by atoms with Crippen molar-refractivity contribution in [2.24, 2.45) is 13.0 Å². The molecule has 3 nitrogen and oxygen atoms in total. The molecule has 0 unspecified atom stereocenters. The molecule has 20 heavy (non-hydrogen) atoms. The maximum atomic E-state index is 9.47. The molecule has 2 aromatic rings. The van der Waals surface area contributed by atoms with E-state index < -0.39 is 0 Å². The van der Waals surface area contributed by atoms with E-state index in [0.717, 1.165) is 48.1 Å². The average molecular weight is 267 g/mol. The standard InChI is InChI=1S/C17H21N3/c1-12(2)9-16-19-14-10-13(5-6-15(14)20(16)3)17(11-18)7-4-8-17/h5-6,10,12H,4,7-9H2,1-3H3. The van der Waals surface area contributed by atoms with Crippen LogP contribution in [0.3, 0.4) is 0 Å². The summed E-state index contributed by atoms with van der Waals surface area (Å²) in [7, 11) is 2.08. The first-order chi connectivity index (χ1) is 9.55. The summed E-state index contributed by atoms with van der Waals surface area (Å²) in [5.41, 5.74) is 3.09. The van der Waals surface area contributed by atoms with Crippen LogP contribution in [0.25, 0.3) is 11.0 Å². The first kappa shape index (κ1) is 13.2. The van der Waals surface area contributed by atoms with Crippen LogP contribution in [-0.2, 0) is 18.9 Å². The summed E-state index contributed by atoms with van der Waals surface area (Å²) in [5, 5.41) is 9.47. The highest BCUT2D eigenvalue weighted by Crippen LogP contribution is 2.43. The van der Waals surface area contributed by atoms with E-state index in [2.05, 4.69) is 49.7 Å². The molecule has 0 atom stereocenters. The van der Waals surface area contributed by atoms with Gasteiger partial charge in [0.05, 0.1) is 22.5 Å². The van der Waals surface area contributed by atoms with Gasteiger partial charge in [0, 0.05) is 13.5 Å². The predicted octanol–water partition coefficient (Wildman–Crippen LogP) is 3.72. The van der Waals surface area contributed by atoms with Gasteiger partial charge in [-0.2, -0.15) is 5.26 Å². The van der Waals surface area contributed by atoms with Crippen LogP contribution in [-0.4, -0.2) is 9.55 Å². The van der Waals surface area contributed by atoms with Gasteiger partial charge in [0.15, 0.2) is 0 Å². The van der Waals surface area contributed by atoms with Gasteiger partial charge in [-0.25, -0.2) is 4.98 Å². The van der Waals surface area contributed by atoms with E-state index in [1.807, 2.05) is 0 Å². The minimum absolute atomic E-state index is 0.246. The average Bonchev–Trinajstić information content (AvgIpc) is 2.65. The lowest BCUT2D eigenvalue weighted by Gasteiger charge is -2.35. The maximum Gasteiger partial charge on any atom is 0.109 e. The number of aryl methyl sites for hydroxylation is 1. The highest BCUT2D eigenvalue weighted by Gasteiger charge is 2.39. The Morgan fingerprint density at radius 1 is 1.40 bits per heavy atom. The molecule has 1 fully saturated rings. The van der Waals surface area contributed by atoms with Crippen molar-refractivity contribution < 1.29 is 0 Å². The molecule has 104 valence electrons. The van der Waals surface area contributed by atoms with E-state index in [9.17, 15) is 5.26 Å². The Labute approximate surface area is 120 Å². The number of fused-ring (bicyclic) bond motifs is 1. The fraction of sp³-hybridized carbons (Fsp3) is 0.529. The van der Waals surface area contributed by atoms with Crippen molar-refractivity contribution in [3.05, 3.63) is 29.6 Å². The fourth-order valence-electron chi connectivity index (χ4n) is 3.09. The molecular weight excluding hydrogens is 246 g/mol. The highest BCUT2D eigenvalue weighted by molar-refractivity contribution is 5.77. The molecule has 0 bridgehead atoms. The molecule has 1 aliphatic rings. The number of hydrogen-bond donors (Lipinski definition) is 0. The van der Waals surface area contributed by atoms with Gasteiger partial charge < -0.3 is 4.57 Å². The summed E-state index contributed by atoms with van der Waals surface area (Å²) in [5.74, 6) is 1.73. The Morgan fingerprint density at radius 2 is 2.15 bits per heavy atom. The number of rotatable bonds is 3. The van der Waals surface area contributed by atoms with Gasteiger partial charge in [0.1, 0.15) is 5.82 Å². The monoisotopic (exact) mass is 267 g/mol. The van der Waals surface area contributed by atoms with Crippen molar-refractivity contribution in [3.63, 3.8) is 0 Å². The molecule has 0 spiro atoms. The molecule has 0 saturated heterocycles. The van der Waals surface area contributed by atoms with Crippen molar-refractivity contribution in [2.45, 2.75) is 44.9 Å². The molecule has 0 amide bonds. The first-order valence-electron chi connectivity index (χ1n) is 7.43. The molecule has 1 aliphatic carbocycles. The Kier molecular flexibility index (Phi) is 3.05. The second-order valence-corrected chi connectivity index (χ2v) is 6.44. The van der Waals surface area contributed by atoms with Crippen LogP contribution in [0.4, 0.5) is 0 Å². The Morgan fingerprint density at radius 3 is 2.70 bits per heavy atom.